The first kappa shape index (κ1) is 22.2. The molecule has 0 bridgehead atoms. The SMILES string of the molecule is COc1ccc(N(Cc2ccccc2)c2cc(-c3ccc(CO)cc3)ccc2N)cc1OC. The predicted molar refractivity (Wildman–Crippen MR) is 134 cm³/mol. The first-order valence-corrected chi connectivity index (χ1v) is 10.8. The molecular formula is C28H28N2O3. The molecule has 33 heavy (non-hydrogen) atoms. The molecule has 4 aromatic rings. The van der Waals surface area contributed by atoms with Crippen LogP contribution in [0.25, 0.3) is 11.1 Å². The molecule has 0 aliphatic carbocycles. The number of ether oxygens (including phenoxy) is 2. The summed E-state index contributed by atoms with van der Waals surface area (Å²) >= 11 is 0. The summed E-state index contributed by atoms with van der Waals surface area (Å²) in [5, 5.41) is 9.36. The van der Waals surface area contributed by atoms with Crippen LogP contribution < -0.4 is 20.1 Å². The second kappa shape index (κ2) is 10.1. The molecule has 0 atom stereocenters. The zero-order chi connectivity index (χ0) is 23.2. The van der Waals surface area contributed by atoms with E-state index in [-0.39, 0.29) is 6.61 Å². The fourth-order valence-electron chi connectivity index (χ4n) is 3.83. The van der Waals surface area contributed by atoms with E-state index in [1.807, 2.05) is 72.8 Å². The topological polar surface area (TPSA) is 68.0 Å². The van der Waals surface area contributed by atoms with Crippen LogP contribution in [0.1, 0.15) is 11.1 Å². The van der Waals surface area contributed by atoms with Gasteiger partial charge in [0.2, 0.25) is 0 Å². The van der Waals surface area contributed by atoms with E-state index in [0.29, 0.717) is 23.7 Å². The zero-order valence-corrected chi connectivity index (χ0v) is 18.9. The summed E-state index contributed by atoms with van der Waals surface area (Å²) in [6.45, 7) is 0.658. The maximum Gasteiger partial charge on any atom is 0.162 e. The lowest BCUT2D eigenvalue weighted by atomic mass is 10.0. The van der Waals surface area contributed by atoms with Gasteiger partial charge in [-0.15, -0.1) is 0 Å². The van der Waals surface area contributed by atoms with E-state index >= 15 is 0 Å². The van der Waals surface area contributed by atoms with Crippen molar-refractivity contribution in [2.24, 2.45) is 0 Å². The molecule has 0 saturated heterocycles. The molecule has 0 aromatic heterocycles. The van der Waals surface area contributed by atoms with Gasteiger partial charge < -0.3 is 25.2 Å². The van der Waals surface area contributed by atoms with Crippen molar-refractivity contribution >= 4 is 17.1 Å². The number of anilines is 3. The van der Waals surface area contributed by atoms with Crippen molar-refractivity contribution in [3.63, 3.8) is 0 Å². The number of benzene rings is 4. The molecule has 0 spiro atoms. The standard InChI is InChI=1S/C28H28N2O3/c1-32-27-15-13-24(17-28(27)33-2)30(18-20-6-4-3-5-7-20)26-16-23(12-14-25(26)29)22-10-8-21(19-31)9-11-22/h3-17,31H,18-19,29H2,1-2H3. The lowest BCUT2D eigenvalue weighted by molar-refractivity contribution is 0.282. The quantitative estimate of drug-likeness (QED) is 0.340. The van der Waals surface area contributed by atoms with Crippen molar-refractivity contribution in [3.8, 4) is 22.6 Å². The van der Waals surface area contributed by atoms with Gasteiger partial charge in [0.15, 0.2) is 11.5 Å². The van der Waals surface area contributed by atoms with Crippen molar-refractivity contribution in [1.29, 1.82) is 0 Å². The molecule has 0 aliphatic heterocycles. The fraction of sp³-hybridized carbons (Fsp3) is 0.143. The Bertz CT molecular complexity index is 1210. The Kier molecular flexibility index (Phi) is 6.81. The monoisotopic (exact) mass is 440 g/mol. The highest BCUT2D eigenvalue weighted by Crippen LogP contribution is 2.39. The molecule has 0 saturated carbocycles. The van der Waals surface area contributed by atoms with Crippen molar-refractivity contribution in [2.75, 3.05) is 24.9 Å². The van der Waals surface area contributed by atoms with Crippen molar-refractivity contribution in [3.05, 3.63) is 102 Å². The summed E-state index contributed by atoms with van der Waals surface area (Å²) in [5.74, 6) is 1.33. The number of methoxy groups -OCH3 is 2. The smallest absolute Gasteiger partial charge is 0.162 e. The number of aliphatic hydroxyl groups is 1. The van der Waals surface area contributed by atoms with Gasteiger partial charge in [-0.05, 0) is 46.5 Å². The van der Waals surface area contributed by atoms with Crippen molar-refractivity contribution < 1.29 is 14.6 Å². The average Bonchev–Trinajstić information content (AvgIpc) is 2.88. The van der Waals surface area contributed by atoms with Crippen LogP contribution in [0.3, 0.4) is 0 Å². The van der Waals surface area contributed by atoms with Crippen LogP contribution in [0, 0.1) is 0 Å². The minimum absolute atomic E-state index is 0.0252. The summed E-state index contributed by atoms with van der Waals surface area (Å²) in [4.78, 5) is 2.18. The van der Waals surface area contributed by atoms with Gasteiger partial charge in [0, 0.05) is 18.3 Å². The lowest BCUT2D eigenvalue weighted by Gasteiger charge is -2.28. The predicted octanol–water partition coefficient (Wildman–Crippen LogP) is 5.78. The summed E-state index contributed by atoms with van der Waals surface area (Å²) < 4.78 is 11.0. The molecule has 4 rings (SSSR count). The number of nitrogens with two attached hydrogens (primary N) is 1. The number of hydrogen-bond acceptors (Lipinski definition) is 5. The van der Waals surface area contributed by atoms with E-state index in [9.17, 15) is 5.11 Å². The number of hydrogen-bond donors (Lipinski definition) is 2. The Morgan fingerprint density at radius 1 is 0.727 bits per heavy atom. The molecule has 0 radical (unpaired) electrons. The number of rotatable bonds is 8. The van der Waals surface area contributed by atoms with Gasteiger partial charge >= 0.3 is 0 Å². The van der Waals surface area contributed by atoms with Crippen LogP contribution in [0.2, 0.25) is 0 Å². The van der Waals surface area contributed by atoms with Crippen LogP contribution in [0.5, 0.6) is 11.5 Å². The van der Waals surface area contributed by atoms with Crippen LogP contribution in [-0.4, -0.2) is 19.3 Å². The highest BCUT2D eigenvalue weighted by molar-refractivity contribution is 5.81. The van der Waals surface area contributed by atoms with Crippen LogP contribution in [-0.2, 0) is 13.2 Å². The van der Waals surface area contributed by atoms with Gasteiger partial charge in [0.25, 0.3) is 0 Å². The van der Waals surface area contributed by atoms with Crippen molar-refractivity contribution in [1.82, 2.24) is 0 Å². The molecule has 0 aliphatic rings. The molecule has 0 fully saturated rings. The number of nitrogen functional groups attached to an aromatic ring is 1. The molecule has 0 heterocycles. The van der Waals surface area contributed by atoms with E-state index < -0.39 is 0 Å². The zero-order valence-electron chi connectivity index (χ0n) is 18.9. The Hall–Kier alpha value is -3.96. The van der Waals surface area contributed by atoms with Gasteiger partial charge in [-0.25, -0.2) is 0 Å². The molecule has 168 valence electrons. The molecule has 5 heteroatoms. The normalized spacial score (nSPS) is 10.6. The van der Waals surface area contributed by atoms with Gasteiger partial charge in [-0.2, -0.15) is 0 Å². The highest BCUT2D eigenvalue weighted by atomic mass is 16.5. The van der Waals surface area contributed by atoms with Crippen LogP contribution >= 0.6 is 0 Å². The number of nitrogens with zero attached hydrogens (tertiary/aromatic N) is 1. The van der Waals surface area contributed by atoms with E-state index in [1.54, 1.807) is 14.2 Å². The van der Waals surface area contributed by atoms with Gasteiger partial charge in [0.1, 0.15) is 0 Å². The molecule has 5 nitrogen and oxygen atoms in total. The summed E-state index contributed by atoms with van der Waals surface area (Å²) in [6, 6.07) is 30.1. The lowest BCUT2D eigenvalue weighted by Crippen LogP contribution is -2.18. The van der Waals surface area contributed by atoms with Crippen LogP contribution in [0.15, 0.2) is 91.0 Å². The molecule has 3 N–H and O–H groups in total. The maximum absolute atomic E-state index is 9.36. The van der Waals surface area contributed by atoms with Gasteiger partial charge in [-0.3, -0.25) is 0 Å². The summed E-state index contributed by atoms with van der Waals surface area (Å²) in [6.07, 6.45) is 0. The highest BCUT2D eigenvalue weighted by Gasteiger charge is 2.17. The second-order valence-corrected chi connectivity index (χ2v) is 7.74. The first-order chi connectivity index (χ1) is 16.1. The third-order valence-electron chi connectivity index (χ3n) is 5.65. The maximum atomic E-state index is 9.36. The van der Waals surface area contributed by atoms with Gasteiger partial charge in [0.05, 0.1) is 32.2 Å². The minimum Gasteiger partial charge on any atom is -0.493 e. The first-order valence-electron chi connectivity index (χ1n) is 10.8. The summed E-state index contributed by atoms with van der Waals surface area (Å²) in [5.41, 5.74) is 13.2. The Morgan fingerprint density at radius 3 is 2.09 bits per heavy atom. The molecule has 0 amide bonds. The van der Waals surface area contributed by atoms with Crippen LogP contribution in [0.4, 0.5) is 17.1 Å². The van der Waals surface area contributed by atoms with E-state index in [1.165, 1.54) is 0 Å². The third-order valence-corrected chi connectivity index (χ3v) is 5.65. The largest absolute Gasteiger partial charge is 0.493 e. The summed E-state index contributed by atoms with van der Waals surface area (Å²) in [7, 11) is 3.26. The second-order valence-electron chi connectivity index (χ2n) is 7.74. The van der Waals surface area contributed by atoms with E-state index in [4.69, 9.17) is 15.2 Å². The molecule has 4 aromatic carbocycles. The average molecular weight is 441 g/mol. The van der Waals surface area contributed by atoms with Gasteiger partial charge in [-0.1, -0.05) is 60.7 Å². The fourth-order valence-corrected chi connectivity index (χ4v) is 3.83. The molecule has 0 unspecified atom stereocenters. The number of aliphatic hydroxyl groups excluding tert-OH is 1. The Labute approximate surface area is 194 Å². The Morgan fingerprint density at radius 2 is 1.42 bits per heavy atom. The van der Waals surface area contributed by atoms with E-state index in [0.717, 1.165) is 33.6 Å². The third kappa shape index (κ3) is 4.94. The molecular weight excluding hydrogens is 412 g/mol. The minimum atomic E-state index is 0.0252. The van der Waals surface area contributed by atoms with E-state index in [2.05, 4.69) is 23.1 Å². The Balaban J connectivity index is 1.81. The van der Waals surface area contributed by atoms with Crippen molar-refractivity contribution in [2.45, 2.75) is 13.2 Å².